The van der Waals surface area contributed by atoms with Gasteiger partial charge in [0.2, 0.25) is 5.95 Å². The molecule has 4 rings (SSSR count). The van der Waals surface area contributed by atoms with Gasteiger partial charge in [-0.2, -0.15) is 4.98 Å². The molecule has 7 nitrogen and oxygen atoms in total. The van der Waals surface area contributed by atoms with E-state index in [9.17, 15) is 8.78 Å². The number of benzene rings is 2. The Morgan fingerprint density at radius 3 is 2.56 bits per heavy atom. The fourth-order valence-corrected chi connectivity index (χ4v) is 2.58. The highest BCUT2D eigenvalue weighted by atomic mass is 19.1. The van der Waals surface area contributed by atoms with Crippen molar-refractivity contribution in [2.45, 2.75) is 0 Å². The summed E-state index contributed by atoms with van der Waals surface area (Å²) in [5.41, 5.74) is 1.33. The minimum absolute atomic E-state index is 0.0273. The number of anilines is 2. The lowest BCUT2D eigenvalue weighted by Gasteiger charge is -2.07. The number of rotatable bonds is 4. The van der Waals surface area contributed by atoms with E-state index in [4.69, 9.17) is 9.47 Å². The first-order valence-electron chi connectivity index (χ1n) is 7.31. The van der Waals surface area contributed by atoms with E-state index in [1.54, 1.807) is 23.8 Å². The van der Waals surface area contributed by atoms with E-state index in [0.29, 0.717) is 28.3 Å². The zero-order chi connectivity index (χ0) is 17.6. The third kappa shape index (κ3) is 2.49. The number of halogens is 2. The molecule has 0 radical (unpaired) electrons. The van der Waals surface area contributed by atoms with Gasteiger partial charge in [0.1, 0.15) is 11.6 Å². The Morgan fingerprint density at radius 2 is 1.80 bits per heavy atom. The second kappa shape index (κ2) is 5.62. The maximum atomic E-state index is 13.7. The fraction of sp³-hybridized carbons (Fsp3) is 0.125. The van der Waals surface area contributed by atoms with E-state index >= 15 is 0 Å². The molecular weight excluding hydrogens is 332 g/mol. The van der Waals surface area contributed by atoms with Crippen LogP contribution >= 0.6 is 0 Å². The zero-order valence-corrected chi connectivity index (χ0v) is 13.3. The van der Waals surface area contributed by atoms with Crippen LogP contribution in [0.15, 0.2) is 30.3 Å². The van der Waals surface area contributed by atoms with Gasteiger partial charge < -0.3 is 14.8 Å². The van der Waals surface area contributed by atoms with Crippen LogP contribution in [0.5, 0.6) is 11.5 Å². The van der Waals surface area contributed by atoms with Gasteiger partial charge in [0.05, 0.1) is 30.9 Å². The Labute approximate surface area is 140 Å². The van der Waals surface area contributed by atoms with E-state index in [0.717, 1.165) is 18.2 Å². The molecule has 0 unspecified atom stereocenters. The molecule has 0 atom stereocenters. The number of hydrogen-bond acceptors (Lipinski definition) is 5. The second-order valence-corrected chi connectivity index (χ2v) is 5.26. The summed E-state index contributed by atoms with van der Waals surface area (Å²) in [5.74, 6) is 0.538. The first-order chi connectivity index (χ1) is 12.1. The molecule has 2 heterocycles. The number of nitrogens with one attached hydrogen (secondary N) is 2. The van der Waals surface area contributed by atoms with Crippen LogP contribution < -0.4 is 14.8 Å². The predicted octanol–water partition coefficient (Wildman–Crippen LogP) is 3.25. The van der Waals surface area contributed by atoms with Crippen molar-refractivity contribution < 1.29 is 18.3 Å². The van der Waals surface area contributed by atoms with Crippen molar-refractivity contribution in [3.8, 4) is 11.5 Å². The van der Waals surface area contributed by atoms with E-state index in [1.807, 2.05) is 0 Å². The van der Waals surface area contributed by atoms with Crippen LogP contribution in [0.25, 0.3) is 16.8 Å². The fourth-order valence-electron chi connectivity index (χ4n) is 2.58. The molecule has 0 saturated carbocycles. The van der Waals surface area contributed by atoms with Crippen molar-refractivity contribution in [3.63, 3.8) is 0 Å². The van der Waals surface area contributed by atoms with Crippen molar-refractivity contribution in [1.29, 1.82) is 0 Å². The quantitative estimate of drug-likeness (QED) is 0.594. The summed E-state index contributed by atoms with van der Waals surface area (Å²) >= 11 is 0. The van der Waals surface area contributed by atoms with Gasteiger partial charge in [-0.3, -0.25) is 5.10 Å². The van der Waals surface area contributed by atoms with Crippen LogP contribution in [0.2, 0.25) is 0 Å². The van der Waals surface area contributed by atoms with Crippen LogP contribution in [-0.2, 0) is 0 Å². The maximum Gasteiger partial charge on any atom is 0.253 e. The number of imidazole rings is 1. The summed E-state index contributed by atoms with van der Waals surface area (Å²) in [7, 11) is 3.08. The summed E-state index contributed by atoms with van der Waals surface area (Å²) in [4.78, 5) is 8.62. The minimum Gasteiger partial charge on any atom is -0.493 e. The van der Waals surface area contributed by atoms with Gasteiger partial charge in [0, 0.05) is 18.2 Å². The van der Waals surface area contributed by atoms with Crippen LogP contribution in [0.1, 0.15) is 0 Å². The maximum absolute atomic E-state index is 13.7. The van der Waals surface area contributed by atoms with Crippen LogP contribution in [-0.4, -0.2) is 33.8 Å². The smallest absolute Gasteiger partial charge is 0.253 e. The number of fused-ring (bicyclic) bond motifs is 3. The van der Waals surface area contributed by atoms with Crippen LogP contribution in [0, 0.1) is 11.6 Å². The van der Waals surface area contributed by atoms with Gasteiger partial charge in [0.15, 0.2) is 11.5 Å². The molecule has 25 heavy (non-hydrogen) atoms. The molecule has 0 fully saturated rings. The van der Waals surface area contributed by atoms with Crippen molar-refractivity contribution in [2.24, 2.45) is 0 Å². The van der Waals surface area contributed by atoms with Crippen molar-refractivity contribution in [3.05, 3.63) is 42.0 Å². The van der Waals surface area contributed by atoms with Crippen molar-refractivity contribution >= 4 is 28.4 Å². The van der Waals surface area contributed by atoms with Gasteiger partial charge in [-0.05, 0) is 12.1 Å². The highest BCUT2D eigenvalue weighted by molar-refractivity contribution is 5.83. The van der Waals surface area contributed by atoms with E-state index in [1.165, 1.54) is 7.11 Å². The Balaban J connectivity index is 1.79. The molecule has 0 aliphatic carbocycles. The average molecular weight is 345 g/mol. The SMILES string of the molecule is COc1cc2nc3nc(Nc4cc(F)ccc4F)[nH]n3c2cc1OC. The summed E-state index contributed by atoms with van der Waals surface area (Å²) in [6.07, 6.45) is 0. The Bertz CT molecular complexity index is 1090. The van der Waals surface area contributed by atoms with Gasteiger partial charge in [-0.25, -0.2) is 18.3 Å². The molecule has 0 aliphatic rings. The van der Waals surface area contributed by atoms with Gasteiger partial charge in [-0.15, -0.1) is 0 Å². The third-order valence-corrected chi connectivity index (χ3v) is 3.75. The second-order valence-electron chi connectivity index (χ2n) is 5.26. The molecular formula is C16H13F2N5O2. The molecule has 0 bridgehead atoms. The molecule has 2 aromatic carbocycles. The Hall–Kier alpha value is -3.36. The van der Waals surface area contributed by atoms with Gasteiger partial charge in [-0.1, -0.05) is 0 Å². The molecule has 2 N–H and O–H groups in total. The molecule has 9 heteroatoms. The highest BCUT2D eigenvalue weighted by Crippen LogP contribution is 2.32. The lowest BCUT2D eigenvalue weighted by molar-refractivity contribution is 0.355. The molecule has 0 spiro atoms. The average Bonchev–Trinajstić information content (AvgIpc) is 3.13. The molecule has 0 saturated heterocycles. The van der Waals surface area contributed by atoms with Crippen molar-refractivity contribution in [1.82, 2.24) is 19.6 Å². The zero-order valence-electron chi connectivity index (χ0n) is 13.3. The number of hydrogen-bond donors (Lipinski definition) is 2. The summed E-state index contributed by atoms with van der Waals surface area (Å²) in [6, 6.07) is 6.61. The molecule has 4 aromatic rings. The number of nitrogens with zero attached hydrogens (tertiary/aromatic N) is 3. The van der Waals surface area contributed by atoms with Gasteiger partial charge >= 0.3 is 0 Å². The summed E-state index contributed by atoms with van der Waals surface area (Å²) < 4.78 is 39.2. The largest absolute Gasteiger partial charge is 0.493 e. The number of aromatic amines is 1. The molecule has 128 valence electrons. The Kier molecular flexibility index (Phi) is 3.41. The standard InChI is InChI=1S/C16H13F2N5O2/c1-24-13-6-11-12(7-14(13)25-2)23-16(20-11)21-15(22-23)19-10-5-8(17)3-4-9(10)18/h3-7H,1-2H3,(H2,19,20,21,22). The topological polar surface area (TPSA) is 76.5 Å². The van der Waals surface area contributed by atoms with E-state index < -0.39 is 11.6 Å². The minimum atomic E-state index is -0.591. The number of ether oxygens (including phenoxy) is 2. The lowest BCUT2D eigenvalue weighted by Crippen LogP contribution is -1.97. The monoisotopic (exact) mass is 345 g/mol. The third-order valence-electron chi connectivity index (χ3n) is 3.75. The van der Waals surface area contributed by atoms with Gasteiger partial charge in [0.25, 0.3) is 5.78 Å². The van der Waals surface area contributed by atoms with Crippen molar-refractivity contribution in [2.75, 3.05) is 19.5 Å². The predicted molar refractivity (Wildman–Crippen MR) is 87.6 cm³/mol. The summed E-state index contributed by atoms with van der Waals surface area (Å²) in [6.45, 7) is 0. The Morgan fingerprint density at radius 1 is 1.04 bits per heavy atom. The van der Waals surface area contributed by atoms with E-state index in [-0.39, 0.29) is 11.6 Å². The first kappa shape index (κ1) is 15.2. The normalized spacial score (nSPS) is 11.2. The number of aromatic nitrogens is 4. The molecule has 0 aliphatic heterocycles. The summed E-state index contributed by atoms with van der Waals surface area (Å²) in [5, 5.41) is 5.65. The molecule has 2 aromatic heterocycles. The van der Waals surface area contributed by atoms with Crippen LogP contribution in [0.4, 0.5) is 20.4 Å². The number of methoxy groups -OCH3 is 2. The first-order valence-corrected chi connectivity index (χ1v) is 7.31. The lowest BCUT2D eigenvalue weighted by atomic mass is 10.3. The van der Waals surface area contributed by atoms with E-state index in [2.05, 4.69) is 20.4 Å². The van der Waals surface area contributed by atoms with Crippen LogP contribution in [0.3, 0.4) is 0 Å². The molecule has 0 amide bonds. The highest BCUT2D eigenvalue weighted by Gasteiger charge is 2.15. The number of H-pyrrole nitrogens is 1.